The third kappa shape index (κ3) is 2.78. The van der Waals surface area contributed by atoms with Gasteiger partial charge in [-0.25, -0.2) is 0 Å². The van der Waals surface area contributed by atoms with E-state index in [0.717, 1.165) is 17.8 Å². The number of thiazole rings is 1. The number of carbonyl (C=O) groups excluding carboxylic acids is 1. The van der Waals surface area contributed by atoms with E-state index in [-0.39, 0.29) is 5.91 Å². The van der Waals surface area contributed by atoms with Crippen molar-refractivity contribution < 1.29 is 4.79 Å². The number of rotatable bonds is 3. The van der Waals surface area contributed by atoms with Crippen LogP contribution in [-0.2, 0) is 11.3 Å². The van der Waals surface area contributed by atoms with Gasteiger partial charge in [0.25, 0.3) is 0 Å². The molecule has 0 aliphatic rings. The van der Waals surface area contributed by atoms with Crippen molar-refractivity contribution in [1.82, 2.24) is 4.57 Å². The van der Waals surface area contributed by atoms with E-state index < -0.39 is 0 Å². The average Bonchev–Trinajstić information content (AvgIpc) is 2.67. The molecule has 0 radical (unpaired) electrons. The van der Waals surface area contributed by atoms with E-state index in [0.29, 0.717) is 6.42 Å². The Morgan fingerprint density at radius 3 is 2.68 bits per heavy atom. The molecule has 3 nitrogen and oxygen atoms in total. The molecule has 0 fully saturated rings. The molecule has 0 atom stereocenters. The van der Waals surface area contributed by atoms with Crippen LogP contribution in [0.2, 0.25) is 0 Å². The standard InChI is InChI=1S/C15H20N2OS/c1-5-7-13(18)16-15-17(6-2)12-9-10(3)8-11(4)14(12)19-15/h8-9H,5-7H2,1-4H3. The molecule has 0 bridgehead atoms. The van der Waals surface area contributed by atoms with Crippen molar-refractivity contribution in [2.24, 2.45) is 4.99 Å². The Balaban J connectivity index is 2.69. The first kappa shape index (κ1) is 14.0. The molecule has 2 aromatic rings. The molecule has 4 heteroatoms. The van der Waals surface area contributed by atoms with Crippen LogP contribution < -0.4 is 4.80 Å². The van der Waals surface area contributed by atoms with E-state index in [9.17, 15) is 4.79 Å². The number of nitrogens with zero attached hydrogens (tertiary/aromatic N) is 2. The molecule has 0 saturated carbocycles. The second-order valence-corrected chi connectivity index (χ2v) is 5.79. The smallest absolute Gasteiger partial charge is 0.248 e. The third-order valence-electron chi connectivity index (χ3n) is 3.11. The molecule has 19 heavy (non-hydrogen) atoms. The number of hydrogen-bond acceptors (Lipinski definition) is 2. The first-order chi connectivity index (χ1) is 9.06. The highest BCUT2D eigenvalue weighted by Gasteiger charge is 2.09. The summed E-state index contributed by atoms with van der Waals surface area (Å²) < 4.78 is 3.36. The summed E-state index contributed by atoms with van der Waals surface area (Å²) in [5.41, 5.74) is 3.69. The Morgan fingerprint density at radius 2 is 2.05 bits per heavy atom. The van der Waals surface area contributed by atoms with Crippen molar-refractivity contribution in [3.63, 3.8) is 0 Å². The molecule has 2 rings (SSSR count). The number of fused-ring (bicyclic) bond motifs is 1. The molecule has 1 aromatic heterocycles. The molecule has 1 heterocycles. The van der Waals surface area contributed by atoms with E-state index in [1.54, 1.807) is 11.3 Å². The van der Waals surface area contributed by atoms with Gasteiger partial charge in [0.1, 0.15) is 0 Å². The maximum atomic E-state index is 11.7. The Morgan fingerprint density at radius 1 is 1.32 bits per heavy atom. The summed E-state index contributed by atoms with van der Waals surface area (Å²) in [5.74, 6) is -0.0226. The number of benzene rings is 1. The molecule has 0 unspecified atom stereocenters. The minimum atomic E-state index is -0.0226. The van der Waals surface area contributed by atoms with Crippen LogP contribution in [0.3, 0.4) is 0 Å². The predicted octanol–water partition coefficient (Wildman–Crippen LogP) is 3.57. The van der Waals surface area contributed by atoms with Crippen LogP contribution in [0.5, 0.6) is 0 Å². The summed E-state index contributed by atoms with van der Waals surface area (Å²) in [6.07, 6.45) is 1.37. The molecular formula is C15H20N2OS. The minimum Gasteiger partial charge on any atom is -0.317 e. The van der Waals surface area contributed by atoms with E-state index >= 15 is 0 Å². The second-order valence-electron chi connectivity index (χ2n) is 4.81. The van der Waals surface area contributed by atoms with Crippen LogP contribution in [0.4, 0.5) is 0 Å². The second kappa shape index (κ2) is 5.70. The number of amides is 1. The van der Waals surface area contributed by atoms with Crippen LogP contribution >= 0.6 is 11.3 Å². The fraction of sp³-hybridized carbons (Fsp3) is 0.467. The van der Waals surface area contributed by atoms with Gasteiger partial charge in [0.2, 0.25) is 5.91 Å². The van der Waals surface area contributed by atoms with Crippen LogP contribution in [0.1, 0.15) is 37.8 Å². The molecule has 1 aromatic carbocycles. The quantitative estimate of drug-likeness (QED) is 0.844. The summed E-state index contributed by atoms with van der Waals surface area (Å²) in [4.78, 5) is 16.8. The van der Waals surface area contributed by atoms with Crippen molar-refractivity contribution in [3.05, 3.63) is 28.1 Å². The van der Waals surface area contributed by atoms with E-state index in [4.69, 9.17) is 0 Å². The van der Waals surface area contributed by atoms with Crippen molar-refractivity contribution in [2.45, 2.75) is 47.1 Å². The van der Waals surface area contributed by atoms with Gasteiger partial charge in [-0.3, -0.25) is 4.79 Å². The van der Waals surface area contributed by atoms with Gasteiger partial charge in [-0.2, -0.15) is 4.99 Å². The minimum absolute atomic E-state index is 0.0226. The van der Waals surface area contributed by atoms with Gasteiger partial charge >= 0.3 is 0 Å². The van der Waals surface area contributed by atoms with Gasteiger partial charge in [0, 0.05) is 13.0 Å². The zero-order valence-electron chi connectivity index (χ0n) is 12.0. The Hall–Kier alpha value is -1.42. The summed E-state index contributed by atoms with van der Waals surface area (Å²) >= 11 is 1.61. The van der Waals surface area contributed by atoms with E-state index in [1.807, 2.05) is 6.92 Å². The van der Waals surface area contributed by atoms with Crippen LogP contribution in [0.25, 0.3) is 10.2 Å². The predicted molar refractivity (Wildman–Crippen MR) is 80.4 cm³/mol. The normalized spacial score (nSPS) is 12.3. The lowest BCUT2D eigenvalue weighted by Crippen LogP contribution is -2.15. The van der Waals surface area contributed by atoms with Crippen molar-refractivity contribution in [3.8, 4) is 0 Å². The molecule has 102 valence electrons. The molecule has 0 saturated heterocycles. The summed E-state index contributed by atoms with van der Waals surface area (Å²) in [5, 5.41) is 0. The van der Waals surface area contributed by atoms with Gasteiger partial charge in [0.05, 0.1) is 10.2 Å². The molecule has 0 aliphatic heterocycles. The summed E-state index contributed by atoms with van der Waals surface area (Å²) in [6.45, 7) is 9.14. The average molecular weight is 276 g/mol. The number of aryl methyl sites for hydroxylation is 3. The molecular weight excluding hydrogens is 256 g/mol. The Labute approximate surface area is 117 Å². The highest BCUT2D eigenvalue weighted by atomic mass is 32.1. The molecule has 0 spiro atoms. The number of carbonyl (C=O) groups is 1. The molecule has 0 aliphatic carbocycles. The first-order valence-corrected chi connectivity index (χ1v) is 7.56. The van der Waals surface area contributed by atoms with Gasteiger partial charge < -0.3 is 4.57 Å². The first-order valence-electron chi connectivity index (χ1n) is 6.75. The lowest BCUT2D eigenvalue weighted by molar-refractivity contribution is -0.118. The summed E-state index contributed by atoms with van der Waals surface area (Å²) in [7, 11) is 0. The van der Waals surface area contributed by atoms with E-state index in [2.05, 4.69) is 42.5 Å². The van der Waals surface area contributed by atoms with E-state index in [1.165, 1.54) is 21.3 Å². The van der Waals surface area contributed by atoms with Gasteiger partial charge in [-0.1, -0.05) is 24.3 Å². The van der Waals surface area contributed by atoms with Gasteiger partial charge in [-0.15, -0.1) is 0 Å². The SMILES string of the molecule is CCCC(=O)N=c1sc2c(C)cc(C)cc2n1CC. The summed E-state index contributed by atoms with van der Waals surface area (Å²) in [6, 6.07) is 4.35. The third-order valence-corrected chi connectivity index (χ3v) is 4.34. The zero-order chi connectivity index (χ0) is 14.0. The van der Waals surface area contributed by atoms with Crippen molar-refractivity contribution >= 4 is 27.5 Å². The van der Waals surface area contributed by atoms with Crippen LogP contribution in [0.15, 0.2) is 17.1 Å². The molecule has 0 N–H and O–H groups in total. The van der Waals surface area contributed by atoms with Crippen LogP contribution in [0, 0.1) is 13.8 Å². The van der Waals surface area contributed by atoms with Crippen molar-refractivity contribution in [1.29, 1.82) is 0 Å². The highest BCUT2D eigenvalue weighted by molar-refractivity contribution is 7.16. The number of hydrogen-bond donors (Lipinski definition) is 0. The van der Waals surface area contributed by atoms with Gasteiger partial charge in [-0.05, 0) is 44.4 Å². The maximum absolute atomic E-state index is 11.7. The largest absolute Gasteiger partial charge is 0.317 e. The lowest BCUT2D eigenvalue weighted by Gasteiger charge is -2.03. The highest BCUT2D eigenvalue weighted by Crippen LogP contribution is 2.23. The number of aromatic nitrogens is 1. The zero-order valence-corrected chi connectivity index (χ0v) is 12.8. The Bertz CT molecular complexity index is 679. The maximum Gasteiger partial charge on any atom is 0.248 e. The fourth-order valence-corrected chi connectivity index (χ4v) is 3.44. The lowest BCUT2D eigenvalue weighted by atomic mass is 10.1. The van der Waals surface area contributed by atoms with Crippen molar-refractivity contribution in [2.75, 3.05) is 0 Å². The topological polar surface area (TPSA) is 34.4 Å². The molecule has 1 amide bonds. The fourth-order valence-electron chi connectivity index (χ4n) is 2.28. The monoisotopic (exact) mass is 276 g/mol. The van der Waals surface area contributed by atoms with Gasteiger partial charge in [0.15, 0.2) is 4.80 Å². The van der Waals surface area contributed by atoms with Crippen LogP contribution in [-0.4, -0.2) is 10.5 Å². The Kier molecular flexibility index (Phi) is 4.20.